The fourth-order valence-corrected chi connectivity index (χ4v) is 3.15. The minimum atomic E-state index is -3.73. The van der Waals surface area contributed by atoms with Gasteiger partial charge in [0, 0.05) is 5.38 Å². The first-order chi connectivity index (χ1) is 7.99. The molecule has 0 radical (unpaired) electrons. The third kappa shape index (κ3) is 2.85. The van der Waals surface area contributed by atoms with Crippen LogP contribution >= 0.6 is 27.3 Å². The number of hydrogen-bond acceptors (Lipinski definition) is 3. The van der Waals surface area contributed by atoms with Crippen molar-refractivity contribution < 1.29 is 12.8 Å². The Hall–Kier alpha value is -0.920. The second-order valence-electron chi connectivity index (χ2n) is 3.19. The Balaban J connectivity index is 2.35. The van der Waals surface area contributed by atoms with Crippen molar-refractivity contribution >= 4 is 43.0 Å². The summed E-state index contributed by atoms with van der Waals surface area (Å²) in [6.07, 6.45) is 0. The predicted octanol–water partition coefficient (Wildman–Crippen LogP) is 3.45. The Kier molecular flexibility index (Phi) is 3.50. The lowest BCUT2D eigenvalue weighted by atomic mass is 10.3. The third-order valence-corrected chi connectivity index (χ3v) is 4.68. The number of sulfonamides is 1. The first-order valence-electron chi connectivity index (χ1n) is 4.49. The van der Waals surface area contributed by atoms with Crippen LogP contribution in [0.2, 0.25) is 0 Å². The van der Waals surface area contributed by atoms with E-state index in [0.29, 0.717) is 5.69 Å². The molecule has 7 heteroatoms. The second kappa shape index (κ2) is 4.75. The highest BCUT2D eigenvalue weighted by Crippen LogP contribution is 2.22. The molecule has 1 aromatic carbocycles. The van der Waals surface area contributed by atoms with Gasteiger partial charge in [-0.1, -0.05) is 0 Å². The van der Waals surface area contributed by atoms with Crippen LogP contribution in [-0.4, -0.2) is 8.42 Å². The van der Waals surface area contributed by atoms with Gasteiger partial charge in [0.1, 0.15) is 5.82 Å². The average molecular weight is 336 g/mol. The summed E-state index contributed by atoms with van der Waals surface area (Å²) in [6, 6.07) is 5.30. The van der Waals surface area contributed by atoms with Crippen molar-refractivity contribution in [3.63, 3.8) is 0 Å². The molecule has 1 aromatic heterocycles. The van der Waals surface area contributed by atoms with E-state index < -0.39 is 15.8 Å². The monoisotopic (exact) mass is 335 g/mol. The largest absolute Gasteiger partial charge is 0.279 e. The Morgan fingerprint density at radius 1 is 1.29 bits per heavy atom. The minimum absolute atomic E-state index is 0.107. The zero-order valence-corrected chi connectivity index (χ0v) is 11.6. The van der Waals surface area contributed by atoms with Crippen molar-refractivity contribution in [2.45, 2.75) is 4.90 Å². The summed E-state index contributed by atoms with van der Waals surface area (Å²) in [5.74, 6) is -0.613. The number of nitrogens with one attached hydrogen (secondary N) is 1. The SMILES string of the molecule is O=S(=O)(Nc1ccsc1)c1ccc(Br)c(F)c1. The highest BCUT2D eigenvalue weighted by atomic mass is 79.9. The molecule has 1 heterocycles. The Labute approximate surface area is 110 Å². The number of halogens is 2. The normalized spacial score (nSPS) is 11.4. The lowest BCUT2D eigenvalue weighted by Crippen LogP contribution is -2.12. The summed E-state index contributed by atoms with van der Waals surface area (Å²) in [4.78, 5) is -0.107. The fourth-order valence-electron chi connectivity index (χ4n) is 1.18. The number of benzene rings is 1. The smallest absolute Gasteiger partial charge is 0.262 e. The van der Waals surface area contributed by atoms with Gasteiger partial charge in [-0.2, -0.15) is 11.3 Å². The van der Waals surface area contributed by atoms with E-state index in [1.54, 1.807) is 16.8 Å². The number of anilines is 1. The molecule has 0 aliphatic heterocycles. The zero-order chi connectivity index (χ0) is 12.5. The van der Waals surface area contributed by atoms with Crippen molar-refractivity contribution in [1.29, 1.82) is 0 Å². The maximum absolute atomic E-state index is 13.3. The fraction of sp³-hybridized carbons (Fsp3) is 0. The maximum atomic E-state index is 13.3. The molecule has 0 aliphatic carbocycles. The predicted molar refractivity (Wildman–Crippen MR) is 69.2 cm³/mol. The molecule has 3 nitrogen and oxygen atoms in total. The van der Waals surface area contributed by atoms with Gasteiger partial charge in [0.05, 0.1) is 15.1 Å². The van der Waals surface area contributed by atoms with Gasteiger partial charge in [-0.15, -0.1) is 0 Å². The van der Waals surface area contributed by atoms with Gasteiger partial charge in [0.15, 0.2) is 0 Å². The van der Waals surface area contributed by atoms with Crippen molar-refractivity contribution in [2.24, 2.45) is 0 Å². The number of hydrogen-bond donors (Lipinski definition) is 1. The van der Waals surface area contributed by atoms with E-state index in [1.807, 2.05) is 0 Å². The molecule has 2 aromatic rings. The van der Waals surface area contributed by atoms with E-state index in [4.69, 9.17) is 0 Å². The molecule has 0 saturated heterocycles. The molecule has 0 fully saturated rings. The van der Waals surface area contributed by atoms with Crippen molar-refractivity contribution in [1.82, 2.24) is 0 Å². The van der Waals surface area contributed by atoms with Gasteiger partial charge in [0.25, 0.3) is 10.0 Å². The van der Waals surface area contributed by atoms with Crippen LogP contribution in [0.15, 0.2) is 44.4 Å². The molecule has 0 saturated carbocycles. The number of rotatable bonds is 3. The van der Waals surface area contributed by atoms with E-state index in [1.165, 1.54) is 23.5 Å². The van der Waals surface area contributed by atoms with Crippen LogP contribution < -0.4 is 4.72 Å². The Bertz CT molecular complexity index is 626. The lowest BCUT2D eigenvalue weighted by molar-refractivity contribution is 0.594. The van der Waals surface area contributed by atoms with Gasteiger partial charge in [0.2, 0.25) is 0 Å². The topological polar surface area (TPSA) is 46.2 Å². The summed E-state index contributed by atoms with van der Waals surface area (Å²) in [7, 11) is -3.73. The molecule has 2 rings (SSSR count). The van der Waals surface area contributed by atoms with Crippen LogP contribution in [0, 0.1) is 5.82 Å². The Morgan fingerprint density at radius 2 is 2.06 bits per heavy atom. The first kappa shape index (κ1) is 12.5. The summed E-state index contributed by atoms with van der Waals surface area (Å²) in [6.45, 7) is 0. The molecule has 90 valence electrons. The molecule has 0 amide bonds. The Morgan fingerprint density at radius 3 is 2.65 bits per heavy atom. The van der Waals surface area contributed by atoms with Gasteiger partial charge < -0.3 is 0 Å². The average Bonchev–Trinajstić information content (AvgIpc) is 2.73. The van der Waals surface area contributed by atoms with Crippen LogP contribution in [0.25, 0.3) is 0 Å². The molecule has 0 spiro atoms. The van der Waals surface area contributed by atoms with Crippen molar-refractivity contribution in [3.05, 3.63) is 45.3 Å². The molecule has 17 heavy (non-hydrogen) atoms. The number of thiophene rings is 1. The van der Waals surface area contributed by atoms with E-state index in [-0.39, 0.29) is 9.37 Å². The molecule has 0 unspecified atom stereocenters. The maximum Gasteiger partial charge on any atom is 0.262 e. The minimum Gasteiger partial charge on any atom is -0.279 e. The zero-order valence-electron chi connectivity index (χ0n) is 8.35. The van der Waals surface area contributed by atoms with Crippen molar-refractivity contribution in [2.75, 3.05) is 4.72 Å². The van der Waals surface area contributed by atoms with Gasteiger partial charge in [-0.3, -0.25) is 4.72 Å². The van der Waals surface area contributed by atoms with E-state index >= 15 is 0 Å². The van der Waals surface area contributed by atoms with Crippen LogP contribution in [0.4, 0.5) is 10.1 Å². The quantitative estimate of drug-likeness (QED) is 0.933. The molecular weight excluding hydrogens is 329 g/mol. The standard InChI is InChI=1S/C10H7BrFNO2S2/c11-9-2-1-8(5-10(9)12)17(14,15)13-7-3-4-16-6-7/h1-6,13H. The van der Waals surface area contributed by atoms with E-state index in [0.717, 1.165) is 6.07 Å². The summed E-state index contributed by atoms with van der Waals surface area (Å²) in [5, 5.41) is 3.41. The molecular formula is C10H7BrFNO2S2. The van der Waals surface area contributed by atoms with Gasteiger partial charge >= 0.3 is 0 Å². The van der Waals surface area contributed by atoms with E-state index in [2.05, 4.69) is 20.7 Å². The van der Waals surface area contributed by atoms with Crippen LogP contribution in [0.1, 0.15) is 0 Å². The molecule has 1 N–H and O–H groups in total. The highest BCUT2D eigenvalue weighted by molar-refractivity contribution is 9.10. The second-order valence-corrected chi connectivity index (χ2v) is 6.51. The van der Waals surface area contributed by atoms with Crippen LogP contribution in [-0.2, 0) is 10.0 Å². The summed E-state index contributed by atoms with van der Waals surface area (Å²) >= 11 is 4.34. The van der Waals surface area contributed by atoms with Crippen molar-refractivity contribution in [3.8, 4) is 0 Å². The summed E-state index contributed by atoms with van der Waals surface area (Å²) in [5.41, 5.74) is 0.471. The first-order valence-corrected chi connectivity index (χ1v) is 7.71. The van der Waals surface area contributed by atoms with Crippen LogP contribution in [0.5, 0.6) is 0 Å². The summed E-state index contributed by atoms with van der Waals surface area (Å²) < 4.78 is 39.6. The molecule has 0 aliphatic rings. The lowest BCUT2D eigenvalue weighted by Gasteiger charge is -2.06. The third-order valence-electron chi connectivity index (χ3n) is 1.97. The van der Waals surface area contributed by atoms with E-state index in [9.17, 15) is 12.8 Å². The van der Waals surface area contributed by atoms with Crippen LogP contribution in [0.3, 0.4) is 0 Å². The van der Waals surface area contributed by atoms with Gasteiger partial charge in [-0.25, -0.2) is 12.8 Å². The molecule has 0 bridgehead atoms. The van der Waals surface area contributed by atoms with Gasteiger partial charge in [-0.05, 0) is 45.6 Å². The molecule has 0 atom stereocenters. The highest BCUT2D eigenvalue weighted by Gasteiger charge is 2.16.